The average molecular weight is 576 g/mol. The van der Waals surface area contributed by atoms with Crippen LogP contribution in [0.15, 0.2) is 36.5 Å². The summed E-state index contributed by atoms with van der Waals surface area (Å²) in [5, 5.41) is 10.7. The zero-order valence-corrected chi connectivity index (χ0v) is 23.9. The normalized spacial score (nSPS) is 22.4. The average Bonchev–Trinajstić information content (AvgIpc) is 3.54. The monoisotopic (exact) mass is 575 g/mol. The fourth-order valence-corrected chi connectivity index (χ4v) is 6.49. The SMILES string of the molecule is Cc1cc2cc(n1)-c1cnn(C)c1OCCC[C@@H](C1CC1)Cn1c(nc3cc(NC4CCC(F)(F)C4)ccc31)NC2=O. The summed E-state index contributed by atoms with van der Waals surface area (Å²) in [6.07, 6.45) is 6.15. The highest BCUT2D eigenvalue weighted by atomic mass is 19.3. The van der Waals surface area contributed by atoms with E-state index in [1.807, 2.05) is 32.2 Å². The van der Waals surface area contributed by atoms with Crippen LogP contribution in [-0.2, 0) is 13.6 Å². The topological polar surface area (TPSA) is 98.9 Å². The number of nitrogens with zero attached hydrogens (tertiary/aromatic N) is 5. The van der Waals surface area contributed by atoms with Gasteiger partial charge in [-0.05, 0) is 81.2 Å². The minimum absolute atomic E-state index is 0.0936. The van der Waals surface area contributed by atoms with Crippen LogP contribution in [0.1, 0.15) is 61.0 Å². The summed E-state index contributed by atoms with van der Waals surface area (Å²) in [5.41, 5.74) is 4.91. The van der Waals surface area contributed by atoms with E-state index in [1.54, 1.807) is 23.0 Å². The lowest BCUT2D eigenvalue weighted by molar-refractivity contribution is 0.00852. The van der Waals surface area contributed by atoms with Gasteiger partial charge in [0.25, 0.3) is 5.91 Å². The van der Waals surface area contributed by atoms with Crippen molar-refractivity contribution in [1.29, 1.82) is 0 Å². The summed E-state index contributed by atoms with van der Waals surface area (Å²) >= 11 is 0. The van der Waals surface area contributed by atoms with Gasteiger partial charge in [0, 0.05) is 49.4 Å². The first-order valence-electron chi connectivity index (χ1n) is 14.8. The molecular formula is C31H35F2N7O2. The molecule has 2 atom stereocenters. The quantitative estimate of drug-likeness (QED) is 0.302. The van der Waals surface area contributed by atoms with E-state index in [0.717, 1.165) is 36.2 Å². The maximum atomic E-state index is 13.8. The molecule has 0 radical (unpaired) electrons. The number of hydrogen-bond acceptors (Lipinski definition) is 6. The van der Waals surface area contributed by atoms with Crippen LogP contribution in [0.2, 0.25) is 0 Å². The van der Waals surface area contributed by atoms with Crippen LogP contribution < -0.4 is 15.4 Å². The molecule has 2 N–H and O–H groups in total. The van der Waals surface area contributed by atoms with Crippen molar-refractivity contribution in [3.63, 3.8) is 0 Å². The number of nitrogens with one attached hydrogen (secondary N) is 2. The predicted octanol–water partition coefficient (Wildman–Crippen LogP) is 6.19. The molecule has 9 nitrogen and oxygen atoms in total. The molecule has 1 unspecified atom stereocenters. The predicted molar refractivity (Wildman–Crippen MR) is 156 cm³/mol. The number of fused-ring (bicyclic) bond motifs is 7. The molecule has 42 heavy (non-hydrogen) atoms. The Labute approximate surface area is 242 Å². The molecule has 11 heteroatoms. The van der Waals surface area contributed by atoms with E-state index >= 15 is 0 Å². The Bertz CT molecular complexity index is 1660. The minimum Gasteiger partial charge on any atom is -0.477 e. The molecule has 0 spiro atoms. The molecule has 7 rings (SSSR count). The minimum atomic E-state index is -2.62. The van der Waals surface area contributed by atoms with E-state index in [2.05, 4.69) is 25.3 Å². The number of ether oxygens (including phenoxy) is 1. The van der Waals surface area contributed by atoms with Crippen molar-refractivity contribution >= 4 is 28.6 Å². The molecule has 1 aromatic carbocycles. The maximum Gasteiger partial charge on any atom is 0.258 e. The van der Waals surface area contributed by atoms with Gasteiger partial charge >= 0.3 is 0 Å². The van der Waals surface area contributed by atoms with Gasteiger partial charge < -0.3 is 14.6 Å². The number of rotatable bonds is 3. The molecule has 1 aliphatic heterocycles. The highest BCUT2D eigenvalue weighted by Crippen LogP contribution is 2.42. The van der Waals surface area contributed by atoms with Crippen molar-refractivity contribution in [2.24, 2.45) is 18.9 Å². The van der Waals surface area contributed by atoms with Gasteiger partial charge in [0.1, 0.15) is 0 Å². The Morgan fingerprint density at radius 1 is 1.10 bits per heavy atom. The van der Waals surface area contributed by atoms with Gasteiger partial charge in [-0.3, -0.25) is 15.1 Å². The van der Waals surface area contributed by atoms with Gasteiger partial charge in [-0.15, -0.1) is 0 Å². The molecule has 3 aliphatic rings. The van der Waals surface area contributed by atoms with Gasteiger partial charge in [-0.25, -0.2) is 18.4 Å². The van der Waals surface area contributed by atoms with Gasteiger partial charge in [0.2, 0.25) is 17.8 Å². The van der Waals surface area contributed by atoms with Gasteiger partial charge in [-0.2, -0.15) is 5.10 Å². The highest BCUT2D eigenvalue weighted by Gasteiger charge is 2.39. The summed E-state index contributed by atoms with van der Waals surface area (Å²) in [7, 11) is 1.84. The van der Waals surface area contributed by atoms with Crippen molar-refractivity contribution in [2.75, 3.05) is 17.2 Å². The lowest BCUT2D eigenvalue weighted by atomic mass is 9.97. The van der Waals surface area contributed by atoms with E-state index in [1.165, 1.54) is 12.8 Å². The summed E-state index contributed by atoms with van der Waals surface area (Å²) in [5.74, 6) is -0.749. The summed E-state index contributed by atoms with van der Waals surface area (Å²) in [6.45, 7) is 3.13. The number of anilines is 2. The smallest absolute Gasteiger partial charge is 0.258 e. The van der Waals surface area contributed by atoms with Crippen LogP contribution in [-0.4, -0.2) is 48.8 Å². The molecule has 2 bridgehead atoms. The number of hydrogen-bond donors (Lipinski definition) is 2. The van der Waals surface area contributed by atoms with Crippen molar-refractivity contribution in [1.82, 2.24) is 24.3 Å². The Hall–Kier alpha value is -4.02. The number of imidazole rings is 1. The van der Waals surface area contributed by atoms with E-state index in [9.17, 15) is 13.6 Å². The van der Waals surface area contributed by atoms with E-state index < -0.39 is 5.92 Å². The first kappa shape index (κ1) is 26.9. The Balaban J connectivity index is 1.26. The van der Waals surface area contributed by atoms with Crippen LogP contribution in [0.3, 0.4) is 0 Å². The van der Waals surface area contributed by atoms with E-state index in [4.69, 9.17) is 9.72 Å². The van der Waals surface area contributed by atoms with Gasteiger partial charge in [0.05, 0.1) is 35.1 Å². The molecule has 220 valence electrons. The third-order valence-electron chi connectivity index (χ3n) is 8.79. The van der Waals surface area contributed by atoms with Gasteiger partial charge in [0.15, 0.2) is 0 Å². The summed E-state index contributed by atoms with van der Waals surface area (Å²) in [4.78, 5) is 23.2. The van der Waals surface area contributed by atoms with Crippen LogP contribution in [0.5, 0.6) is 5.88 Å². The first-order chi connectivity index (χ1) is 20.2. The van der Waals surface area contributed by atoms with Crippen molar-refractivity contribution < 1.29 is 18.3 Å². The second-order valence-electron chi connectivity index (χ2n) is 12.1. The van der Waals surface area contributed by atoms with Crippen molar-refractivity contribution in [2.45, 2.75) is 70.4 Å². The molecule has 2 saturated carbocycles. The van der Waals surface area contributed by atoms with Gasteiger partial charge in [-0.1, -0.05) is 0 Å². The number of aromatic nitrogens is 5. The second kappa shape index (κ2) is 10.4. The summed E-state index contributed by atoms with van der Waals surface area (Å²) < 4.78 is 37.6. The second-order valence-corrected chi connectivity index (χ2v) is 12.1. The highest BCUT2D eigenvalue weighted by molar-refractivity contribution is 6.05. The van der Waals surface area contributed by atoms with Crippen LogP contribution in [0.25, 0.3) is 22.3 Å². The number of pyridine rings is 1. The molecule has 1 amide bonds. The van der Waals surface area contributed by atoms with Crippen LogP contribution in [0, 0.1) is 18.8 Å². The number of amides is 1. The van der Waals surface area contributed by atoms with Crippen LogP contribution >= 0.6 is 0 Å². The fraction of sp³-hybridized carbons (Fsp3) is 0.484. The zero-order valence-electron chi connectivity index (χ0n) is 23.9. The number of aryl methyl sites for hydroxylation is 2. The number of carbonyl (C=O) groups excluding carboxylic acids is 1. The molecule has 2 aliphatic carbocycles. The Morgan fingerprint density at radius 2 is 1.95 bits per heavy atom. The zero-order chi connectivity index (χ0) is 29.0. The lowest BCUT2D eigenvalue weighted by Crippen LogP contribution is -2.20. The van der Waals surface area contributed by atoms with E-state index in [-0.39, 0.29) is 24.8 Å². The largest absolute Gasteiger partial charge is 0.477 e. The third kappa shape index (κ3) is 5.32. The Kier molecular flexibility index (Phi) is 6.62. The number of halogens is 2. The molecule has 3 aromatic heterocycles. The fourth-order valence-electron chi connectivity index (χ4n) is 6.49. The van der Waals surface area contributed by atoms with E-state index in [0.29, 0.717) is 59.2 Å². The standard InChI is InChI=1S/C31H35F2N7O2/c1-18-12-21-13-25(35-18)24-16-34-39(2)29(24)42-11-3-4-20(19-5-6-19)17-40-27-8-7-22(36-23-9-10-31(32,33)15-23)14-26(27)37-30(40)38-28(21)41/h7-8,12-14,16,19-20,23,36H,3-6,9-11,15,17H2,1-2H3,(H,37,38,41)/t20-,23?/m1/s1. The molecule has 4 aromatic rings. The molecular weight excluding hydrogens is 540 g/mol. The Morgan fingerprint density at radius 3 is 2.74 bits per heavy atom. The van der Waals surface area contributed by atoms with Crippen molar-refractivity contribution in [3.05, 3.63) is 47.8 Å². The first-order valence-corrected chi connectivity index (χ1v) is 14.8. The molecule has 4 heterocycles. The molecule has 0 saturated heterocycles. The number of alkyl halides is 2. The van der Waals surface area contributed by atoms with Crippen molar-refractivity contribution in [3.8, 4) is 17.1 Å². The number of benzene rings is 1. The molecule has 2 fully saturated rings. The lowest BCUT2D eigenvalue weighted by Gasteiger charge is -2.20. The maximum absolute atomic E-state index is 13.8. The number of carbonyl (C=O) groups is 1. The third-order valence-corrected chi connectivity index (χ3v) is 8.79. The van der Waals surface area contributed by atoms with Crippen LogP contribution in [0.4, 0.5) is 20.4 Å². The summed E-state index contributed by atoms with van der Waals surface area (Å²) in [6, 6.07) is 9.04.